The molecular weight excluding hydrogens is 392 g/mol. The summed E-state index contributed by atoms with van der Waals surface area (Å²) in [5, 5.41) is 0.588. The van der Waals surface area contributed by atoms with Gasteiger partial charge < -0.3 is 9.88 Å². The quantitative estimate of drug-likeness (QED) is 0.827. The van der Waals surface area contributed by atoms with Crippen molar-refractivity contribution in [2.75, 3.05) is 6.54 Å². The lowest BCUT2D eigenvalue weighted by Crippen LogP contribution is -2.29. The summed E-state index contributed by atoms with van der Waals surface area (Å²) in [5.41, 5.74) is 2.22. The molecular formula is C18H17F2N3O2S2. The lowest BCUT2D eigenvalue weighted by atomic mass is 10.1. The Morgan fingerprint density at radius 3 is 2.56 bits per heavy atom. The average molecular weight is 409 g/mol. The molecule has 0 amide bonds. The number of allylic oxidation sites excluding steroid dienone is 1. The fourth-order valence-electron chi connectivity index (χ4n) is 3.57. The summed E-state index contributed by atoms with van der Waals surface area (Å²) < 4.78 is 51.1. The number of aliphatic imine (C=N–C) groups is 1. The highest BCUT2D eigenvalue weighted by molar-refractivity contribution is 8.43. The second-order valence-corrected chi connectivity index (χ2v) is 10.4. The van der Waals surface area contributed by atoms with E-state index in [1.54, 1.807) is 19.9 Å². The van der Waals surface area contributed by atoms with Crippen molar-refractivity contribution in [3.8, 4) is 11.3 Å². The summed E-state index contributed by atoms with van der Waals surface area (Å²) in [5.74, 6) is -0.533. The standard InChI is InChI=1S/C18H17F2N3O2S2/c1-10-18(21-11(2)26(10)27(24)25)23-7-6-15-12(9-23)8-16(22-15)17-13(19)4-3-5-14(17)20/h3-5,8,22H,6-7,9H2,1-2H3. The molecule has 27 heavy (non-hydrogen) atoms. The Labute approximate surface area is 158 Å². The smallest absolute Gasteiger partial charge is 0.250 e. The highest BCUT2D eigenvalue weighted by Gasteiger charge is 2.28. The van der Waals surface area contributed by atoms with Crippen LogP contribution in [-0.2, 0) is 31.7 Å². The van der Waals surface area contributed by atoms with E-state index in [1.807, 2.05) is 4.90 Å². The molecule has 0 aliphatic carbocycles. The maximum atomic E-state index is 14.1. The number of aromatic nitrogens is 1. The summed E-state index contributed by atoms with van der Waals surface area (Å²) in [4.78, 5) is 10.4. The van der Waals surface area contributed by atoms with Crippen LogP contribution in [-0.4, -0.2) is 29.9 Å². The maximum absolute atomic E-state index is 14.1. The van der Waals surface area contributed by atoms with Crippen LogP contribution in [0.1, 0.15) is 25.1 Å². The predicted molar refractivity (Wildman–Crippen MR) is 102 cm³/mol. The van der Waals surface area contributed by atoms with E-state index in [2.05, 4.69) is 9.98 Å². The minimum absolute atomic E-state index is 0.0631. The van der Waals surface area contributed by atoms with Crippen LogP contribution in [0, 0.1) is 11.6 Å². The number of hydrogen-bond acceptors (Lipinski definition) is 4. The van der Waals surface area contributed by atoms with Crippen LogP contribution in [0.2, 0.25) is 0 Å². The van der Waals surface area contributed by atoms with Crippen molar-refractivity contribution in [3.05, 3.63) is 57.9 Å². The van der Waals surface area contributed by atoms with Gasteiger partial charge in [0.25, 0.3) is 9.26 Å². The van der Waals surface area contributed by atoms with Crippen LogP contribution in [0.3, 0.4) is 0 Å². The van der Waals surface area contributed by atoms with Gasteiger partial charge >= 0.3 is 0 Å². The molecule has 0 spiro atoms. The van der Waals surface area contributed by atoms with E-state index >= 15 is 0 Å². The summed E-state index contributed by atoms with van der Waals surface area (Å²) in [7, 11) is -3.22. The van der Waals surface area contributed by atoms with E-state index in [1.165, 1.54) is 18.2 Å². The molecule has 1 N–H and O–H groups in total. The molecule has 1 unspecified atom stereocenters. The number of benzene rings is 1. The molecule has 0 bridgehead atoms. The van der Waals surface area contributed by atoms with Crippen LogP contribution in [0.25, 0.3) is 11.3 Å². The number of halogens is 2. The van der Waals surface area contributed by atoms with E-state index in [0.29, 0.717) is 36.1 Å². The fourth-order valence-corrected chi connectivity index (χ4v) is 6.47. The third kappa shape index (κ3) is 3.04. The van der Waals surface area contributed by atoms with Crippen molar-refractivity contribution in [3.63, 3.8) is 0 Å². The lowest BCUT2D eigenvalue weighted by Gasteiger charge is -2.28. The van der Waals surface area contributed by atoms with Crippen LogP contribution in [0.5, 0.6) is 0 Å². The molecule has 142 valence electrons. The second kappa shape index (κ2) is 6.72. The van der Waals surface area contributed by atoms with Crippen LogP contribution in [0.15, 0.2) is 40.0 Å². The van der Waals surface area contributed by atoms with Gasteiger partial charge in [-0.1, -0.05) is 6.07 Å². The van der Waals surface area contributed by atoms with Crippen molar-refractivity contribution in [1.29, 1.82) is 0 Å². The molecule has 3 heterocycles. The third-order valence-corrected chi connectivity index (χ3v) is 8.71. The van der Waals surface area contributed by atoms with Gasteiger partial charge in [-0.25, -0.2) is 13.8 Å². The number of nitrogens with one attached hydrogen (secondary N) is 1. The molecule has 2 aromatic rings. The SMILES string of the molecule is CC1=NC(N2CCc3[nH]c(-c4c(F)cccc4F)cc3C2)=C(C)S1=S(=O)=O. The van der Waals surface area contributed by atoms with Crippen LogP contribution >= 0.6 is 0 Å². The molecule has 0 saturated heterocycles. The largest absolute Gasteiger partial charge is 0.358 e. The number of fused-ring (bicyclic) bond motifs is 1. The van der Waals surface area contributed by atoms with Crippen molar-refractivity contribution < 1.29 is 17.2 Å². The molecule has 0 saturated carbocycles. The van der Waals surface area contributed by atoms with Gasteiger partial charge in [0.1, 0.15) is 17.5 Å². The van der Waals surface area contributed by atoms with Gasteiger partial charge in [-0.05, 0) is 37.6 Å². The first-order chi connectivity index (χ1) is 12.9. The topological polar surface area (TPSA) is 65.5 Å². The Kier molecular flexibility index (Phi) is 4.51. The molecule has 1 atom stereocenters. The summed E-state index contributed by atoms with van der Waals surface area (Å²) >= 11 is 0. The van der Waals surface area contributed by atoms with Gasteiger partial charge in [-0.2, -0.15) is 8.42 Å². The van der Waals surface area contributed by atoms with Crippen molar-refractivity contribution >= 4 is 23.8 Å². The molecule has 0 radical (unpaired) electrons. The minimum atomic E-state index is -2.22. The maximum Gasteiger partial charge on any atom is 0.250 e. The Morgan fingerprint density at radius 1 is 1.22 bits per heavy atom. The number of nitrogens with zero attached hydrogens (tertiary/aromatic N) is 2. The Hall–Kier alpha value is -2.26. The van der Waals surface area contributed by atoms with Gasteiger partial charge in [0.2, 0.25) is 0 Å². The Bertz CT molecular complexity index is 1140. The van der Waals surface area contributed by atoms with Gasteiger partial charge in [-0.3, -0.25) is 0 Å². The minimum Gasteiger partial charge on any atom is -0.358 e. The molecule has 9 heteroatoms. The fraction of sp³-hybridized carbons (Fsp3) is 0.278. The van der Waals surface area contributed by atoms with E-state index in [4.69, 9.17) is 0 Å². The van der Waals surface area contributed by atoms with E-state index in [9.17, 15) is 17.2 Å². The first-order valence-electron chi connectivity index (χ1n) is 8.37. The first-order valence-corrected chi connectivity index (χ1v) is 11.2. The van der Waals surface area contributed by atoms with Gasteiger partial charge in [0.05, 0.1) is 16.3 Å². The van der Waals surface area contributed by atoms with Crippen molar-refractivity contribution in [1.82, 2.24) is 9.88 Å². The Balaban J connectivity index is 1.70. The first kappa shape index (κ1) is 18.1. The summed E-state index contributed by atoms with van der Waals surface area (Å²) in [6.45, 7) is 4.67. The average Bonchev–Trinajstić information content (AvgIpc) is 3.14. The Morgan fingerprint density at radius 2 is 1.93 bits per heavy atom. The summed E-state index contributed by atoms with van der Waals surface area (Å²) in [6.07, 6.45) is 0.658. The van der Waals surface area contributed by atoms with E-state index in [0.717, 1.165) is 16.2 Å². The molecule has 1 aromatic heterocycles. The highest BCUT2D eigenvalue weighted by atomic mass is 32.9. The number of rotatable bonds is 2. The molecule has 1 aromatic carbocycles. The normalized spacial score (nSPS) is 19.3. The van der Waals surface area contributed by atoms with Crippen LogP contribution in [0.4, 0.5) is 8.78 Å². The highest BCUT2D eigenvalue weighted by Crippen LogP contribution is 2.33. The number of H-pyrrole nitrogens is 1. The van der Waals surface area contributed by atoms with E-state index in [-0.39, 0.29) is 5.56 Å². The molecule has 4 rings (SSSR count). The van der Waals surface area contributed by atoms with Crippen molar-refractivity contribution in [2.45, 2.75) is 26.8 Å². The lowest BCUT2D eigenvalue weighted by molar-refractivity contribution is 0.317. The van der Waals surface area contributed by atoms with E-state index < -0.39 is 30.4 Å². The zero-order valence-electron chi connectivity index (χ0n) is 14.7. The van der Waals surface area contributed by atoms with Gasteiger partial charge in [0.15, 0.2) is 0 Å². The number of hydrogen-bond donors (Lipinski definition) is 1. The molecule has 5 nitrogen and oxygen atoms in total. The third-order valence-electron chi connectivity index (χ3n) is 4.78. The molecule has 0 fully saturated rings. The second-order valence-electron chi connectivity index (χ2n) is 6.44. The summed E-state index contributed by atoms with van der Waals surface area (Å²) in [6, 6.07) is 5.57. The zero-order valence-corrected chi connectivity index (χ0v) is 16.3. The molecule has 2 aliphatic heterocycles. The molecule has 2 aliphatic rings. The monoisotopic (exact) mass is 409 g/mol. The zero-order chi connectivity index (χ0) is 19.3. The predicted octanol–water partition coefficient (Wildman–Crippen LogP) is 3.35. The van der Waals surface area contributed by atoms with Gasteiger partial charge in [-0.15, -0.1) is 0 Å². The van der Waals surface area contributed by atoms with Crippen molar-refractivity contribution in [2.24, 2.45) is 4.99 Å². The van der Waals surface area contributed by atoms with Gasteiger partial charge in [0, 0.05) is 39.6 Å². The number of aromatic amines is 1. The van der Waals surface area contributed by atoms with Crippen LogP contribution < -0.4 is 0 Å².